The summed E-state index contributed by atoms with van der Waals surface area (Å²) in [5, 5.41) is 8.96. The second-order valence-electron chi connectivity index (χ2n) is 5.10. The van der Waals surface area contributed by atoms with E-state index in [4.69, 9.17) is 4.42 Å². The lowest BCUT2D eigenvalue weighted by molar-refractivity contribution is 0.0911. The third-order valence-corrected chi connectivity index (χ3v) is 4.54. The minimum Gasteiger partial charge on any atom is -0.472 e. The zero-order valence-corrected chi connectivity index (χ0v) is 12.1. The van der Waals surface area contributed by atoms with E-state index in [1.165, 1.54) is 11.3 Å². The van der Waals surface area contributed by atoms with Gasteiger partial charge < -0.3 is 15.1 Å². The molecule has 106 valence electrons. The fourth-order valence-electron chi connectivity index (χ4n) is 2.32. The quantitative estimate of drug-likeness (QED) is 0.909. The number of aromatic nitrogens is 1. The molecule has 1 saturated heterocycles. The van der Waals surface area contributed by atoms with Crippen molar-refractivity contribution in [1.29, 1.82) is 0 Å². The Kier molecular flexibility index (Phi) is 3.84. The van der Waals surface area contributed by atoms with E-state index in [0.29, 0.717) is 11.6 Å². The molecule has 5 nitrogen and oxygen atoms in total. The number of nitrogens with one attached hydrogen (secondary N) is 2. The number of carbonyl (C=O) groups is 1. The Hall–Kier alpha value is -1.66. The van der Waals surface area contributed by atoms with E-state index in [2.05, 4.69) is 22.5 Å². The van der Waals surface area contributed by atoms with E-state index < -0.39 is 0 Å². The topological polar surface area (TPSA) is 67.2 Å². The Labute approximate surface area is 121 Å². The summed E-state index contributed by atoms with van der Waals surface area (Å²) in [6.45, 7) is 4.02. The third kappa shape index (κ3) is 2.76. The fourth-order valence-corrected chi connectivity index (χ4v) is 3.11. The van der Waals surface area contributed by atoms with Crippen molar-refractivity contribution in [3.8, 4) is 10.6 Å². The first-order chi connectivity index (χ1) is 9.74. The van der Waals surface area contributed by atoms with Gasteiger partial charge >= 0.3 is 0 Å². The average Bonchev–Trinajstić information content (AvgIpc) is 3.11. The number of amides is 1. The average molecular weight is 291 g/mol. The van der Waals surface area contributed by atoms with E-state index in [1.807, 2.05) is 6.07 Å². The van der Waals surface area contributed by atoms with Crippen LogP contribution >= 0.6 is 11.3 Å². The third-order valence-electron chi connectivity index (χ3n) is 3.65. The molecule has 2 unspecified atom stereocenters. The van der Waals surface area contributed by atoms with Crippen LogP contribution in [0.15, 0.2) is 28.4 Å². The van der Waals surface area contributed by atoms with E-state index in [0.717, 1.165) is 30.1 Å². The van der Waals surface area contributed by atoms with Crippen molar-refractivity contribution in [2.24, 2.45) is 5.92 Å². The molecule has 0 aromatic carbocycles. The van der Waals surface area contributed by atoms with Crippen LogP contribution in [0.4, 0.5) is 0 Å². The molecule has 2 aromatic rings. The summed E-state index contributed by atoms with van der Waals surface area (Å²) in [6, 6.07) is 2.02. The molecule has 2 N–H and O–H groups in total. The first-order valence-electron chi connectivity index (χ1n) is 6.73. The van der Waals surface area contributed by atoms with Gasteiger partial charge in [0.05, 0.1) is 6.26 Å². The number of piperidine rings is 1. The summed E-state index contributed by atoms with van der Waals surface area (Å²) in [7, 11) is 0. The summed E-state index contributed by atoms with van der Waals surface area (Å²) in [5.41, 5.74) is 1.38. The molecule has 1 fully saturated rings. The van der Waals surface area contributed by atoms with Crippen molar-refractivity contribution in [1.82, 2.24) is 15.6 Å². The molecule has 0 spiro atoms. The maximum Gasteiger partial charge on any atom is 0.271 e. The van der Waals surface area contributed by atoms with Crippen molar-refractivity contribution >= 4 is 17.2 Å². The molecule has 20 heavy (non-hydrogen) atoms. The van der Waals surface area contributed by atoms with Gasteiger partial charge in [0.2, 0.25) is 0 Å². The van der Waals surface area contributed by atoms with E-state index in [-0.39, 0.29) is 11.9 Å². The Morgan fingerprint density at radius 3 is 3.25 bits per heavy atom. The van der Waals surface area contributed by atoms with Crippen LogP contribution in [0.2, 0.25) is 0 Å². The molecule has 2 aromatic heterocycles. The number of nitrogens with zero attached hydrogens (tertiary/aromatic N) is 1. The molecule has 1 amide bonds. The first-order valence-corrected chi connectivity index (χ1v) is 7.61. The Balaban J connectivity index is 1.68. The smallest absolute Gasteiger partial charge is 0.271 e. The van der Waals surface area contributed by atoms with Crippen LogP contribution in [0, 0.1) is 5.92 Å². The van der Waals surface area contributed by atoms with Crippen LogP contribution in [0.25, 0.3) is 10.6 Å². The first kappa shape index (κ1) is 13.3. The maximum absolute atomic E-state index is 12.2. The van der Waals surface area contributed by atoms with Crippen LogP contribution in [0.3, 0.4) is 0 Å². The maximum atomic E-state index is 12.2. The Bertz CT molecular complexity index is 579. The highest BCUT2D eigenvalue weighted by molar-refractivity contribution is 7.13. The number of hydrogen-bond donors (Lipinski definition) is 2. The highest BCUT2D eigenvalue weighted by Crippen LogP contribution is 2.24. The predicted octanol–water partition coefficient (Wildman–Crippen LogP) is 2.13. The molecule has 0 radical (unpaired) electrons. The number of thiazole rings is 1. The Morgan fingerprint density at radius 2 is 2.50 bits per heavy atom. The lowest BCUT2D eigenvalue weighted by atomic mass is 9.95. The molecule has 0 aliphatic carbocycles. The zero-order chi connectivity index (χ0) is 13.9. The van der Waals surface area contributed by atoms with Crippen LogP contribution in [0.1, 0.15) is 23.8 Å². The van der Waals surface area contributed by atoms with Crippen LogP contribution in [-0.2, 0) is 0 Å². The van der Waals surface area contributed by atoms with Crippen LogP contribution < -0.4 is 10.6 Å². The van der Waals surface area contributed by atoms with Crippen molar-refractivity contribution in [3.05, 3.63) is 29.7 Å². The van der Waals surface area contributed by atoms with E-state index in [1.54, 1.807) is 17.9 Å². The fraction of sp³-hybridized carbons (Fsp3) is 0.429. The minimum atomic E-state index is -0.100. The number of furan rings is 1. The summed E-state index contributed by atoms with van der Waals surface area (Å²) in [5.74, 6) is 0.392. The lowest BCUT2D eigenvalue weighted by Gasteiger charge is -2.29. The van der Waals surface area contributed by atoms with Crippen LogP contribution in [0.5, 0.6) is 0 Å². The predicted molar refractivity (Wildman–Crippen MR) is 77.7 cm³/mol. The molecule has 2 atom stereocenters. The molecule has 1 aliphatic heterocycles. The van der Waals surface area contributed by atoms with Gasteiger partial charge in [0.25, 0.3) is 5.91 Å². The molecular formula is C14H17N3O2S. The van der Waals surface area contributed by atoms with Gasteiger partial charge in [0, 0.05) is 23.5 Å². The monoisotopic (exact) mass is 291 g/mol. The summed E-state index contributed by atoms with van der Waals surface area (Å²) in [6.07, 6.45) is 4.32. The van der Waals surface area contributed by atoms with Gasteiger partial charge in [-0.3, -0.25) is 4.79 Å². The van der Waals surface area contributed by atoms with Gasteiger partial charge in [0.1, 0.15) is 17.0 Å². The summed E-state index contributed by atoms with van der Waals surface area (Å²) < 4.78 is 5.03. The number of carbonyl (C=O) groups excluding carboxylic acids is 1. The second-order valence-corrected chi connectivity index (χ2v) is 5.96. The molecule has 3 rings (SSSR count). The molecular weight excluding hydrogens is 274 g/mol. The van der Waals surface area contributed by atoms with E-state index in [9.17, 15) is 4.79 Å². The van der Waals surface area contributed by atoms with Gasteiger partial charge in [-0.2, -0.15) is 0 Å². The highest BCUT2D eigenvalue weighted by Gasteiger charge is 2.24. The molecule has 0 bridgehead atoms. The van der Waals surface area contributed by atoms with Crippen LogP contribution in [-0.4, -0.2) is 30.0 Å². The second kappa shape index (κ2) is 5.76. The largest absolute Gasteiger partial charge is 0.472 e. The van der Waals surface area contributed by atoms with E-state index >= 15 is 0 Å². The van der Waals surface area contributed by atoms with Gasteiger partial charge in [-0.25, -0.2) is 4.98 Å². The summed E-state index contributed by atoms with van der Waals surface area (Å²) in [4.78, 5) is 16.6. The SMILES string of the molecule is CC1CCNCC1NC(=O)c1csc(-c2ccoc2)n1. The number of hydrogen-bond acceptors (Lipinski definition) is 5. The van der Waals surface area contributed by atoms with Crippen molar-refractivity contribution in [2.75, 3.05) is 13.1 Å². The van der Waals surface area contributed by atoms with Crippen molar-refractivity contribution in [3.63, 3.8) is 0 Å². The van der Waals surface area contributed by atoms with Crippen molar-refractivity contribution in [2.45, 2.75) is 19.4 Å². The summed E-state index contributed by atoms with van der Waals surface area (Å²) >= 11 is 1.45. The Morgan fingerprint density at radius 1 is 1.60 bits per heavy atom. The normalized spacial score (nSPS) is 22.6. The zero-order valence-electron chi connectivity index (χ0n) is 11.3. The standard InChI is InChI=1S/C14H17N3O2S/c1-9-2-4-15-6-11(9)16-13(18)12-8-20-14(17-12)10-3-5-19-7-10/h3,5,7-9,11,15H,2,4,6H2,1H3,(H,16,18). The molecule has 6 heteroatoms. The highest BCUT2D eigenvalue weighted by atomic mass is 32.1. The van der Waals surface area contributed by atoms with Gasteiger partial charge in [-0.05, 0) is 24.9 Å². The van der Waals surface area contributed by atoms with Gasteiger partial charge in [-0.15, -0.1) is 11.3 Å². The van der Waals surface area contributed by atoms with Gasteiger partial charge in [0.15, 0.2) is 0 Å². The molecule has 1 aliphatic rings. The molecule has 0 saturated carbocycles. The number of rotatable bonds is 3. The lowest BCUT2D eigenvalue weighted by Crippen LogP contribution is -2.50. The minimum absolute atomic E-state index is 0.100. The molecule has 3 heterocycles. The van der Waals surface area contributed by atoms with Gasteiger partial charge in [-0.1, -0.05) is 6.92 Å². The van der Waals surface area contributed by atoms with Crippen molar-refractivity contribution < 1.29 is 9.21 Å².